The van der Waals surface area contributed by atoms with Crippen molar-refractivity contribution in [3.63, 3.8) is 0 Å². The quantitative estimate of drug-likeness (QED) is 0.748. The van der Waals surface area contributed by atoms with E-state index in [1.54, 1.807) is 17.0 Å². The van der Waals surface area contributed by atoms with Crippen LogP contribution in [0, 0.1) is 5.82 Å². The molecule has 1 fully saturated rings. The fraction of sp³-hybridized carbons (Fsp3) is 0.500. The predicted molar refractivity (Wildman–Crippen MR) is 72.8 cm³/mol. The van der Waals surface area contributed by atoms with Crippen molar-refractivity contribution < 1.29 is 14.1 Å². The second-order valence-corrected chi connectivity index (χ2v) is 4.95. The summed E-state index contributed by atoms with van der Waals surface area (Å²) in [6, 6.07) is 5.51. The standard InChI is InChI=1S/C14H20FN3O/c15-12-4-6-13(7-5-12)17-14(19)16-8-11-18-9-2-1-3-10-18/h4-7H,1-3,8-11H2,(H2,16,17,19)/p+1. The second-order valence-electron chi connectivity index (χ2n) is 4.95. The van der Waals surface area contributed by atoms with E-state index in [-0.39, 0.29) is 11.8 Å². The molecule has 0 unspecified atom stereocenters. The summed E-state index contributed by atoms with van der Waals surface area (Å²) in [4.78, 5) is 13.2. The number of nitrogens with one attached hydrogen (secondary N) is 3. The third-order valence-corrected chi connectivity index (χ3v) is 3.43. The zero-order chi connectivity index (χ0) is 13.5. The van der Waals surface area contributed by atoms with Crippen LogP contribution in [0.25, 0.3) is 0 Å². The number of carbonyl (C=O) groups is 1. The predicted octanol–water partition coefficient (Wildman–Crippen LogP) is 1.02. The summed E-state index contributed by atoms with van der Waals surface area (Å²) >= 11 is 0. The van der Waals surface area contributed by atoms with Crippen LogP contribution >= 0.6 is 0 Å². The van der Waals surface area contributed by atoms with Gasteiger partial charge in [0.1, 0.15) is 5.82 Å². The highest BCUT2D eigenvalue weighted by Gasteiger charge is 2.13. The molecule has 0 radical (unpaired) electrons. The van der Waals surface area contributed by atoms with Gasteiger partial charge in [-0.25, -0.2) is 9.18 Å². The van der Waals surface area contributed by atoms with Crippen molar-refractivity contribution >= 4 is 11.7 Å². The number of likely N-dealkylation sites (tertiary alicyclic amines) is 1. The van der Waals surface area contributed by atoms with Gasteiger partial charge in [0.2, 0.25) is 0 Å². The zero-order valence-corrected chi connectivity index (χ0v) is 11.0. The Bertz CT molecular complexity index is 402. The van der Waals surface area contributed by atoms with Gasteiger partial charge >= 0.3 is 6.03 Å². The number of benzene rings is 1. The van der Waals surface area contributed by atoms with E-state index in [9.17, 15) is 9.18 Å². The molecule has 0 saturated carbocycles. The van der Waals surface area contributed by atoms with Crippen molar-refractivity contribution in [2.45, 2.75) is 19.3 Å². The highest BCUT2D eigenvalue weighted by molar-refractivity contribution is 5.89. The lowest BCUT2D eigenvalue weighted by molar-refractivity contribution is -0.903. The summed E-state index contributed by atoms with van der Waals surface area (Å²) in [6.07, 6.45) is 3.91. The smallest absolute Gasteiger partial charge is 0.319 e. The Labute approximate surface area is 113 Å². The lowest BCUT2D eigenvalue weighted by Crippen LogP contribution is -3.13. The van der Waals surface area contributed by atoms with Gasteiger partial charge in [0, 0.05) is 5.69 Å². The first-order chi connectivity index (χ1) is 9.24. The van der Waals surface area contributed by atoms with Crippen molar-refractivity contribution in [2.24, 2.45) is 0 Å². The number of piperidine rings is 1. The van der Waals surface area contributed by atoms with Crippen LogP contribution in [0.4, 0.5) is 14.9 Å². The first-order valence-electron chi connectivity index (χ1n) is 6.88. The average molecular weight is 266 g/mol. The number of hydrogen-bond donors (Lipinski definition) is 3. The molecule has 0 bridgehead atoms. The molecule has 0 aromatic heterocycles. The number of carbonyl (C=O) groups excluding carboxylic acids is 1. The Morgan fingerprint density at radius 2 is 1.84 bits per heavy atom. The summed E-state index contributed by atoms with van der Waals surface area (Å²) < 4.78 is 12.7. The number of amides is 2. The molecule has 104 valence electrons. The van der Waals surface area contributed by atoms with E-state index in [0.717, 1.165) is 6.54 Å². The molecule has 0 spiro atoms. The summed E-state index contributed by atoms with van der Waals surface area (Å²) in [6.45, 7) is 4.06. The summed E-state index contributed by atoms with van der Waals surface area (Å²) in [5.74, 6) is -0.306. The van der Waals surface area contributed by atoms with Gasteiger partial charge in [-0.3, -0.25) is 0 Å². The molecule has 0 atom stereocenters. The van der Waals surface area contributed by atoms with Crippen molar-refractivity contribution in [3.05, 3.63) is 30.1 Å². The van der Waals surface area contributed by atoms with Crippen LogP contribution in [-0.4, -0.2) is 32.2 Å². The SMILES string of the molecule is O=C(NCC[NH+]1CCCCC1)Nc1ccc(F)cc1. The minimum atomic E-state index is -0.306. The van der Waals surface area contributed by atoms with Gasteiger partial charge in [0.25, 0.3) is 0 Å². The highest BCUT2D eigenvalue weighted by atomic mass is 19.1. The van der Waals surface area contributed by atoms with Crippen LogP contribution < -0.4 is 15.5 Å². The fourth-order valence-electron chi connectivity index (χ4n) is 2.36. The van der Waals surface area contributed by atoms with Crippen molar-refractivity contribution in [1.29, 1.82) is 0 Å². The minimum Gasteiger partial charge on any atom is -0.333 e. The molecule has 19 heavy (non-hydrogen) atoms. The van der Waals surface area contributed by atoms with Crippen molar-refractivity contribution in [2.75, 3.05) is 31.5 Å². The Hall–Kier alpha value is -1.62. The van der Waals surface area contributed by atoms with Crippen molar-refractivity contribution in [3.8, 4) is 0 Å². The maximum Gasteiger partial charge on any atom is 0.319 e. The normalized spacial score (nSPS) is 16.1. The van der Waals surface area contributed by atoms with Gasteiger partial charge in [0.15, 0.2) is 0 Å². The molecule has 0 aliphatic carbocycles. The zero-order valence-electron chi connectivity index (χ0n) is 11.0. The number of halogens is 1. The van der Waals surface area contributed by atoms with Gasteiger partial charge in [-0.2, -0.15) is 0 Å². The molecule has 1 aromatic carbocycles. The highest BCUT2D eigenvalue weighted by Crippen LogP contribution is 2.07. The van der Waals surface area contributed by atoms with Crippen molar-refractivity contribution in [1.82, 2.24) is 5.32 Å². The molecule has 2 amide bonds. The third kappa shape index (κ3) is 4.87. The number of rotatable bonds is 4. The van der Waals surface area contributed by atoms with Gasteiger partial charge < -0.3 is 15.5 Å². The first-order valence-corrected chi connectivity index (χ1v) is 6.88. The topological polar surface area (TPSA) is 45.6 Å². The van der Waals surface area contributed by atoms with E-state index in [1.165, 1.54) is 44.5 Å². The monoisotopic (exact) mass is 266 g/mol. The first kappa shape index (κ1) is 13.8. The Kier molecular flexibility index (Phi) is 5.15. The molecule has 3 N–H and O–H groups in total. The van der Waals surface area contributed by atoms with Gasteiger partial charge in [-0.15, -0.1) is 0 Å². The molecule has 1 aliphatic heterocycles. The largest absolute Gasteiger partial charge is 0.333 e. The minimum absolute atomic E-state index is 0.233. The van der Waals surface area contributed by atoms with Crippen LogP contribution in [0.2, 0.25) is 0 Å². The molecule has 5 heteroatoms. The van der Waals surface area contributed by atoms with E-state index in [0.29, 0.717) is 12.2 Å². The molecule has 4 nitrogen and oxygen atoms in total. The van der Waals surface area contributed by atoms with E-state index >= 15 is 0 Å². The number of hydrogen-bond acceptors (Lipinski definition) is 1. The molecule has 2 rings (SSSR count). The van der Waals surface area contributed by atoms with Crippen LogP contribution in [-0.2, 0) is 0 Å². The Morgan fingerprint density at radius 3 is 2.53 bits per heavy atom. The van der Waals surface area contributed by atoms with Gasteiger partial charge in [-0.1, -0.05) is 0 Å². The van der Waals surface area contributed by atoms with E-state index in [1.807, 2.05) is 0 Å². The number of quaternary nitrogens is 1. The second kappa shape index (κ2) is 7.09. The molecular formula is C14H21FN3O+. The summed E-state index contributed by atoms with van der Waals surface area (Å²) in [5.41, 5.74) is 0.601. The summed E-state index contributed by atoms with van der Waals surface area (Å²) in [7, 11) is 0. The van der Waals surface area contributed by atoms with E-state index in [4.69, 9.17) is 0 Å². The number of anilines is 1. The van der Waals surface area contributed by atoms with Crippen LogP contribution in [0.1, 0.15) is 19.3 Å². The van der Waals surface area contributed by atoms with Crippen LogP contribution in [0.15, 0.2) is 24.3 Å². The maximum absolute atomic E-state index is 12.7. The molecule has 1 saturated heterocycles. The summed E-state index contributed by atoms with van der Waals surface area (Å²) in [5, 5.41) is 5.51. The fourth-order valence-corrected chi connectivity index (χ4v) is 2.36. The average Bonchev–Trinajstić information content (AvgIpc) is 2.43. The molecule has 1 heterocycles. The lowest BCUT2D eigenvalue weighted by Gasteiger charge is -2.23. The third-order valence-electron chi connectivity index (χ3n) is 3.43. The molecule has 1 aliphatic rings. The lowest BCUT2D eigenvalue weighted by atomic mass is 10.1. The van der Waals surface area contributed by atoms with Gasteiger partial charge in [0.05, 0.1) is 26.2 Å². The molecule has 1 aromatic rings. The van der Waals surface area contributed by atoms with Crippen LogP contribution in [0.5, 0.6) is 0 Å². The molecular weight excluding hydrogens is 245 g/mol. The van der Waals surface area contributed by atoms with Gasteiger partial charge in [-0.05, 0) is 43.5 Å². The Morgan fingerprint density at radius 1 is 1.16 bits per heavy atom. The van der Waals surface area contributed by atoms with E-state index < -0.39 is 0 Å². The van der Waals surface area contributed by atoms with Crippen LogP contribution in [0.3, 0.4) is 0 Å². The number of urea groups is 1. The Balaban J connectivity index is 1.65. The maximum atomic E-state index is 12.7. The van der Waals surface area contributed by atoms with E-state index in [2.05, 4.69) is 10.6 Å².